The second-order valence-corrected chi connectivity index (χ2v) is 6.46. The maximum Gasteiger partial charge on any atom is 0.0417 e. The van der Waals surface area contributed by atoms with Crippen LogP contribution in [0.5, 0.6) is 0 Å². The molecule has 1 saturated heterocycles. The molecule has 110 valence electrons. The number of benzene rings is 1. The van der Waals surface area contributed by atoms with E-state index in [0.717, 1.165) is 12.5 Å². The molecule has 1 aromatic carbocycles. The minimum Gasteiger partial charge on any atom is -0.385 e. The number of piperidine rings is 1. The Morgan fingerprint density at radius 1 is 1.30 bits per heavy atom. The lowest BCUT2D eigenvalue weighted by Gasteiger charge is -2.34. The van der Waals surface area contributed by atoms with Gasteiger partial charge in [-0.25, -0.2) is 0 Å². The molecule has 0 radical (unpaired) electrons. The molecule has 2 aliphatic rings. The standard InChI is InChI=1S/C17H27N3/c1-19-11-8-14(9-12-19)13-20(2)17-7-3-6-16-15(17)5-4-10-18-16/h3,6-7,14,18H,4-5,8-13H2,1-2H3. The lowest BCUT2D eigenvalue weighted by atomic mass is 9.95. The van der Waals surface area contributed by atoms with Crippen molar-refractivity contribution in [2.75, 3.05) is 50.5 Å². The Bertz CT molecular complexity index is 450. The molecule has 2 heterocycles. The van der Waals surface area contributed by atoms with Gasteiger partial charge < -0.3 is 15.1 Å². The van der Waals surface area contributed by atoms with Crippen molar-refractivity contribution >= 4 is 11.4 Å². The Labute approximate surface area is 123 Å². The number of anilines is 2. The summed E-state index contributed by atoms with van der Waals surface area (Å²) in [5.74, 6) is 0.851. The molecule has 3 rings (SSSR count). The average molecular weight is 273 g/mol. The SMILES string of the molecule is CN1CCC(CN(C)c2cccc3c2CCCN3)CC1. The molecule has 2 aliphatic heterocycles. The van der Waals surface area contributed by atoms with Crippen LogP contribution in [0.1, 0.15) is 24.8 Å². The number of fused-ring (bicyclic) bond motifs is 1. The summed E-state index contributed by atoms with van der Waals surface area (Å²) in [6.45, 7) is 4.83. The Morgan fingerprint density at radius 3 is 2.90 bits per heavy atom. The fourth-order valence-electron chi connectivity index (χ4n) is 3.58. The third-order valence-electron chi connectivity index (χ3n) is 4.85. The molecule has 0 aliphatic carbocycles. The molecule has 3 heteroatoms. The molecule has 0 unspecified atom stereocenters. The highest BCUT2D eigenvalue weighted by atomic mass is 15.1. The second kappa shape index (κ2) is 6.04. The van der Waals surface area contributed by atoms with Crippen molar-refractivity contribution in [2.24, 2.45) is 5.92 Å². The van der Waals surface area contributed by atoms with E-state index in [1.807, 2.05) is 0 Å². The van der Waals surface area contributed by atoms with Crippen LogP contribution < -0.4 is 10.2 Å². The van der Waals surface area contributed by atoms with Gasteiger partial charge in [-0.05, 0) is 69.4 Å². The van der Waals surface area contributed by atoms with Gasteiger partial charge in [-0.15, -0.1) is 0 Å². The van der Waals surface area contributed by atoms with Crippen LogP contribution in [-0.2, 0) is 6.42 Å². The highest BCUT2D eigenvalue weighted by Gasteiger charge is 2.20. The molecule has 0 aromatic heterocycles. The summed E-state index contributed by atoms with van der Waals surface area (Å²) in [6.07, 6.45) is 5.16. The van der Waals surface area contributed by atoms with Crippen LogP contribution in [0.15, 0.2) is 18.2 Å². The lowest BCUT2D eigenvalue weighted by Crippen LogP contribution is -2.36. The van der Waals surface area contributed by atoms with Crippen LogP contribution in [0.25, 0.3) is 0 Å². The van der Waals surface area contributed by atoms with Crippen LogP contribution in [0, 0.1) is 5.92 Å². The quantitative estimate of drug-likeness (QED) is 0.913. The zero-order valence-electron chi connectivity index (χ0n) is 12.9. The maximum absolute atomic E-state index is 3.53. The van der Waals surface area contributed by atoms with Crippen molar-refractivity contribution in [1.29, 1.82) is 0 Å². The third-order valence-corrected chi connectivity index (χ3v) is 4.85. The van der Waals surface area contributed by atoms with Gasteiger partial charge in [-0.1, -0.05) is 6.07 Å². The van der Waals surface area contributed by atoms with E-state index in [0.29, 0.717) is 0 Å². The molecule has 0 bridgehead atoms. The fraction of sp³-hybridized carbons (Fsp3) is 0.647. The number of nitrogens with zero attached hydrogens (tertiary/aromatic N) is 2. The minimum absolute atomic E-state index is 0.851. The van der Waals surface area contributed by atoms with Crippen molar-refractivity contribution in [3.63, 3.8) is 0 Å². The third kappa shape index (κ3) is 2.93. The molecule has 20 heavy (non-hydrogen) atoms. The van der Waals surface area contributed by atoms with Crippen molar-refractivity contribution < 1.29 is 0 Å². The van der Waals surface area contributed by atoms with Crippen LogP contribution in [0.3, 0.4) is 0 Å². The van der Waals surface area contributed by atoms with Crippen molar-refractivity contribution in [2.45, 2.75) is 25.7 Å². The van der Waals surface area contributed by atoms with E-state index in [4.69, 9.17) is 0 Å². The van der Waals surface area contributed by atoms with E-state index >= 15 is 0 Å². The zero-order valence-corrected chi connectivity index (χ0v) is 12.9. The average Bonchev–Trinajstić information content (AvgIpc) is 2.49. The van der Waals surface area contributed by atoms with E-state index in [1.165, 1.54) is 62.3 Å². The first-order valence-electron chi connectivity index (χ1n) is 7.99. The second-order valence-electron chi connectivity index (χ2n) is 6.46. The van der Waals surface area contributed by atoms with Crippen molar-refractivity contribution in [3.05, 3.63) is 23.8 Å². The van der Waals surface area contributed by atoms with Crippen LogP contribution >= 0.6 is 0 Å². The molecule has 1 N–H and O–H groups in total. The minimum atomic E-state index is 0.851. The molecule has 0 amide bonds. The van der Waals surface area contributed by atoms with Gasteiger partial charge >= 0.3 is 0 Å². The molecular formula is C17H27N3. The molecule has 1 aromatic rings. The predicted octanol–water partition coefficient (Wildman–Crippen LogP) is 2.82. The topological polar surface area (TPSA) is 18.5 Å². The van der Waals surface area contributed by atoms with E-state index in [2.05, 4.69) is 47.4 Å². The van der Waals surface area contributed by atoms with Gasteiger partial charge in [0, 0.05) is 31.5 Å². The summed E-state index contributed by atoms with van der Waals surface area (Å²) in [5.41, 5.74) is 4.31. The summed E-state index contributed by atoms with van der Waals surface area (Å²) in [5, 5.41) is 3.53. The first kappa shape index (κ1) is 13.7. The number of hydrogen-bond donors (Lipinski definition) is 1. The number of nitrogens with one attached hydrogen (secondary N) is 1. The smallest absolute Gasteiger partial charge is 0.0417 e. The highest BCUT2D eigenvalue weighted by molar-refractivity contribution is 5.67. The van der Waals surface area contributed by atoms with Crippen molar-refractivity contribution in [1.82, 2.24) is 4.90 Å². The van der Waals surface area contributed by atoms with E-state index in [9.17, 15) is 0 Å². The molecule has 0 saturated carbocycles. The largest absolute Gasteiger partial charge is 0.385 e. The van der Waals surface area contributed by atoms with Gasteiger partial charge in [-0.3, -0.25) is 0 Å². The number of rotatable bonds is 3. The van der Waals surface area contributed by atoms with Gasteiger partial charge in [0.2, 0.25) is 0 Å². The maximum atomic E-state index is 3.53. The number of likely N-dealkylation sites (tertiary alicyclic amines) is 1. The summed E-state index contributed by atoms with van der Waals surface area (Å²) in [6, 6.07) is 6.71. The summed E-state index contributed by atoms with van der Waals surface area (Å²) < 4.78 is 0. The Hall–Kier alpha value is -1.22. The molecular weight excluding hydrogens is 246 g/mol. The predicted molar refractivity (Wildman–Crippen MR) is 86.7 cm³/mol. The summed E-state index contributed by atoms with van der Waals surface area (Å²) >= 11 is 0. The van der Waals surface area contributed by atoms with Gasteiger partial charge in [0.1, 0.15) is 0 Å². The van der Waals surface area contributed by atoms with Crippen LogP contribution in [0.2, 0.25) is 0 Å². The van der Waals surface area contributed by atoms with Crippen molar-refractivity contribution in [3.8, 4) is 0 Å². The fourth-order valence-corrected chi connectivity index (χ4v) is 3.58. The lowest BCUT2D eigenvalue weighted by molar-refractivity contribution is 0.222. The monoisotopic (exact) mass is 273 g/mol. The summed E-state index contributed by atoms with van der Waals surface area (Å²) in [4.78, 5) is 4.94. The Balaban J connectivity index is 1.69. The van der Waals surface area contributed by atoms with E-state index in [-0.39, 0.29) is 0 Å². The Morgan fingerprint density at radius 2 is 2.10 bits per heavy atom. The van der Waals surface area contributed by atoms with Gasteiger partial charge in [0.15, 0.2) is 0 Å². The van der Waals surface area contributed by atoms with Crippen LogP contribution in [-0.4, -0.2) is 45.2 Å². The van der Waals surface area contributed by atoms with Gasteiger partial charge in [-0.2, -0.15) is 0 Å². The van der Waals surface area contributed by atoms with Gasteiger partial charge in [0.05, 0.1) is 0 Å². The first-order chi connectivity index (χ1) is 9.74. The normalized spacial score (nSPS) is 20.3. The zero-order chi connectivity index (χ0) is 13.9. The van der Waals surface area contributed by atoms with Crippen LogP contribution in [0.4, 0.5) is 11.4 Å². The van der Waals surface area contributed by atoms with E-state index in [1.54, 1.807) is 0 Å². The highest BCUT2D eigenvalue weighted by Crippen LogP contribution is 2.32. The Kier molecular flexibility index (Phi) is 4.16. The van der Waals surface area contributed by atoms with Gasteiger partial charge in [0.25, 0.3) is 0 Å². The first-order valence-corrected chi connectivity index (χ1v) is 7.99. The molecule has 3 nitrogen and oxygen atoms in total. The molecule has 0 spiro atoms. The molecule has 1 fully saturated rings. The molecule has 0 atom stereocenters. The summed E-state index contributed by atoms with van der Waals surface area (Å²) in [7, 11) is 4.50. The number of hydrogen-bond acceptors (Lipinski definition) is 3. The van der Waals surface area contributed by atoms with E-state index < -0.39 is 0 Å².